The fourth-order valence-corrected chi connectivity index (χ4v) is 5.69. The highest BCUT2D eigenvalue weighted by atomic mass is 35.5. The maximum absolute atomic E-state index is 14.0. The van der Waals surface area contributed by atoms with Gasteiger partial charge >= 0.3 is 0 Å². The molecule has 0 aromatic heterocycles. The molecule has 3 nitrogen and oxygen atoms in total. The van der Waals surface area contributed by atoms with Gasteiger partial charge in [0.2, 0.25) is 5.91 Å². The van der Waals surface area contributed by atoms with Gasteiger partial charge in [-0.05, 0) is 54.0 Å². The quantitative estimate of drug-likeness (QED) is 0.464. The number of amides is 1. The molecule has 0 unspecified atom stereocenters. The molecule has 0 radical (unpaired) electrons. The number of anilines is 1. The number of aldehydes is 1. The fourth-order valence-electron chi connectivity index (χ4n) is 5.52. The SMILES string of the molecule is C=C[C@H]1C[C@@]2(C(=O)N(Cc3ccccc3)c3ccc(Cl)cc32)[C@H](CCC)[C@H]1C=O. The van der Waals surface area contributed by atoms with Gasteiger partial charge in [0.1, 0.15) is 6.29 Å². The van der Waals surface area contributed by atoms with E-state index < -0.39 is 5.41 Å². The summed E-state index contributed by atoms with van der Waals surface area (Å²) in [4.78, 5) is 28.0. The van der Waals surface area contributed by atoms with Crippen molar-refractivity contribution in [2.24, 2.45) is 17.8 Å². The molecule has 2 aliphatic rings. The minimum absolute atomic E-state index is 0.00323. The molecule has 1 aliphatic carbocycles. The van der Waals surface area contributed by atoms with Crippen LogP contribution in [0, 0.1) is 17.8 Å². The summed E-state index contributed by atoms with van der Waals surface area (Å²) in [6.45, 7) is 6.59. The molecule has 4 atom stereocenters. The van der Waals surface area contributed by atoms with Crippen LogP contribution in [-0.2, 0) is 21.5 Å². The average molecular weight is 408 g/mol. The summed E-state index contributed by atoms with van der Waals surface area (Å²) in [6.07, 6.45) is 5.25. The molecule has 29 heavy (non-hydrogen) atoms. The van der Waals surface area contributed by atoms with E-state index in [0.29, 0.717) is 18.0 Å². The Morgan fingerprint density at radius 3 is 2.66 bits per heavy atom. The summed E-state index contributed by atoms with van der Waals surface area (Å²) in [7, 11) is 0. The number of nitrogens with zero attached hydrogens (tertiary/aromatic N) is 1. The third-order valence-electron chi connectivity index (χ3n) is 6.75. The maximum atomic E-state index is 14.0. The van der Waals surface area contributed by atoms with Crippen LogP contribution in [0.2, 0.25) is 5.02 Å². The van der Waals surface area contributed by atoms with Gasteiger partial charge in [0.05, 0.1) is 12.0 Å². The number of allylic oxidation sites excluding steroid dienone is 1. The van der Waals surface area contributed by atoms with Crippen LogP contribution in [0.3, 0.4) is 0 Å². The van der Waals surface area contributed by atoms with Crippen LogP contribution in [0.15, 0.2) is 61.2 Å². The molecule has 1 saturated carbocycles. The first kappa shape index (κ1) is 19.9. The monoisotopic (exact) mass is 407 g/mol. The Hall–Kier alpha value is -2.39. The smallest absolute Gasteiger partial charge is 0.238 e. The van der Waals surface area contributed by atoms with Crippen LogP contribution in [-0.4, -0.2) is 12.2 Å². The van der Waals surface area contributed by atoms with Crippen molar-refractivity contribution in [2.75, 3.05) is 4.90 Å². The van der Waals surface area contributed by atoms with E-state index in [2.05, 4.69) is 13.5 Å². The van der Waals surface area contributed by atoms with E-state index in [-0.39, 0.29) is 23.7 Å². The number of carbonyl (C=O) groups is 2. The molecule has 1 fully saturated rings. The lowest BCUT2D eigenvalue weighted by atomic mass is 9.69. The summed E-state index contributed by atoms with van der Waals surface area (Å²) >= 11 is 6.39. The molecule has 2 aromatic carbocycles. The molecule has 0 bridgehead atoms. The van der Waals surface area contributed by atoms with Gasteiger partial charge in [-0.15, -0.1) is 6.58 Å². The molecule has 1 amide bonds. The molecule has 2 aromatic rings. The van der Waals surface area contributed by atoms with E-state index in [0.717, 1.165) is 35.9 Å². The molecule has 4 rings (SSSR count). The summed E-state index contributed by atoms with van der Waals surface area (Å²) in [5.41, 5.74) is 2.26. The van der Waals surface area contributed by atoms with Crippen LogP contribution >= 0.6 is 11.6 Å². The molecule has 1 spiro atoms. The van der Waals surface area contributed by atoms with Crippen LogP contribution in [0.1, 0.15) is 37.3 Å². The van der Waals surface area contributed by atoms with Crippen LogP contribution in [0.5, 0.6) is 0 Å². The highest BCUT2D eigenvalue weighted by molar-refractivity contribution is 6.31. The lowest BCUT2D eigenvalue weighted by molar-refractivity contribution is -0.125. The number of benzene rings is 2. The Bertz CT molecular complexity index is 941. The molecular formula is C25H26ClNO2. The van der Waals surface area contributed by atoms with Crippen molar-refractivity contribution in [3.05, 3.63) is 77.3 Å². The van der Waals surface area contributed by atoms with Crippen molar-refractivity contribution in [1.29, 1.82) is 0 Å². The average Bonchev–Trinajstić information content (AvgIpc) is 3.17. The van der Waals surface area contributed by atoms with E-state index in [1.54, 1.807) is 0 Å². The number of halogens is 1. The number of hydrogen-bond donors (Lipinski definition) is 0. The molecule has 150 valence electrons. The standard InChI is InChI=1S/C25H26ClNO2/c1-3-8-21-20(16-28)18(4-2)14-25(21)22-13-19(26)11-12-23(22)27(24(25)29)15-17-9-6-5-7-10-17/h4-7,9-13,16,18,20-21H,2-3,8,14-15H2,1H3/t18-,20-,21+,25+/m0/s1. The van der Waals surface area contributed by atoms with E-state index in [9.17, 15) is 9.59 Å². The van der Waals surface area contributed by atoms with Gasteiger partial charge < -0.3 is 9.69 Å². The first-order valence-corrected chi connectivity index (χ1v) is 10.7. The lowest BCUT2D eigenvalue weighted by Gasteiger charge is -2.32. The second kappa shape index (κ2) is 7.79. The van der Waals surface area contributed by atoms with Gasteiger partial charge in [-0.3, -0.25) is 4.79 Å². The van der Waals surface area contributed by atoms with Crippen molar-refractivity contribution in [3.63, 3.8) is 0 Å². The third kappa shape index (κ3) is 3.03. The van der Waals surface area contributed by atoms with Crippen LogP contribution < -0.4 is 4.90 Å². The van der Waals surface area contributed by atoms with E-state index in [1.165, 1.54) is 0 Å². The largest absolute Gasteiger partial charge is 0.307 e. The Morgan fingerprint density at radius 1 is 1.24 bits per heavy atom. The molecule has 1 heterocycles. The number of rotatable bonds is 6. The lowest BCUT2D eigenvalue weighted by Crippen LogP contribution is -2.44. The van der Waals surface area contributed by atoms with Gasteiger partial charge in [0.15, 0.2) is 0 Å². The predicted octanol–water partition coefficient (Wildman–Crippen LogP) is 5.56. The summed E-state index contributed by atoms with van der Waals surface area (Å²) in [5, 5.41) is 0.623. The summed E-state index contributed by atoms with van der Waals surface area (Å²) in [6, 6.07) is 15.8. The van der Waals surface area contributed by atoms with Crippen molar-refractivity contribution in [1.82, 2.24) is 0 Å². The highest BCUT2D eigenvalue weighted by Gasteiger charge is 2.62. The second-order valence-electron chi connectivity index (χ2n) is 8.22. The van der Waals surface area contributed by atoms with Gasteiger partial charge in [-0.2, -0.15) is 0 Å². The van der Waals surface area contributed by atoms with Gasteiger partial charge in [0, 0.05) is 16.6 Å². The zero-order valence-electron chi connectivity index (χ0n) is 16.7. The van der Waals surface area contributed by atoms with E-state index in [1.807, 2.05) is 59.5 Å². The van der Waals surface area contributed by atoms with E-state index in [4.69, 9.17) is 11.6 Å². The molecule has 0 N–H and O–H groups in total. The predicted molar refractivity (Wildman–Crippen MR) is 117 cm³/mol. The van der Waals surface area contributed by atoms with Crippen molar-refractivity contribution < 1.29 is 9.59 Å². The zero-order valence-corrected chi connectivity index (χ0v) is 17.4. The normalized spacial score (nSPS) is 28.0. The Morgan fingerprint density at radius 2 is 2.00 bits per heavy atom. The number of hydrogen-bond acceptors (Lipinski definition) is 2. The summed E-state index contributed by atoms with van der Waals surface area (Å²) < 4.78 is 0. The third-order valence-corrected chi connectivity index (χ3v) is 6.98. The first-order chi connectivity index (χ1) is 14.1. The van der Waals surface area contributed by atoms with Gasteiger partial charge in [-0.1, -0.05) is 61.4 Å². The second-order valence-corrected chi connectivity index (χ2v) is 8.66. The van der Waals surface area contributed by atoms with Crippen molar-refractivity contribution in [3.8, 4) is 0 Å². The molecule has 1 aliphatic heterocycles. The molecular weight excluding hydrogens is 382 g/mol. The van der Waals surface area contributed by atoms with Gasteiger partial charge in [0.25, 0.3) is 0 Å². The summed E-state index contributed by atoms with van der Waals surface area (Å²) in [5.74, 6) is -0.150. The van der Waals surface area contributed by atoms with Crippen molar-refractivity contribution >= 4 is 29.5 Å². The minimum Gasteiger partial charge on any atom is -0.307 e. The van der Waals surface area contributed by atoms with E-state index >= 15 is 0 Å². The fraction of sp³-hybridized carbons (Fsp3) is 0.360. The molecule has 4 heteroatoms. The Kier molecular flexibility index (Phi) is 5.35. The zero-order chi connectivity index (χ0) is 20.6. The topological polar surface area (TPSA) is 37.4 Å². The van der Waals surface area contributed by atoms with Crippen molar-refractivity contribution in [2.45, 2.75) is 38.1 Å². The number of carbonyl (C=O) groups excluding carboxylic acids is 2. The Balaban J connectivity index is 1.87. The molecule has 0 saturated heterocycles. The van der Waals surface area contributed by atoms with Gasteiger partial charge in [-0.25, -0.2) is 0 Å². The Labute approximate surface area is 177 Å². The first-order valence-electron chi connectivity index (χ1n) is 10.3. The maximum Gasteiger partial charge on any atom is 0.238 e. The van der Waals surface area contributed by atoms with Crippen LogP contribution in [0.4, 0.5) is 5.69 Å². The highest BCUT2D eigenvalue weighted by Crippen LogP contribution is 2.60. The minimum atomic E-state index is -0.713. The number of fused-ring (bicyclic) bond motifs is 2. The van der Waals surface area contributed by atoms with Crippen LogP contribution in [0.25, 0.3) is 0 Å².